The monoisotopic (exact) mass is 457 g/mol. The van der Waals surface area contributed by atoms with E-state index in [0.717, 1.165) is 12.8 Å². The third-order valence-electron chi connectivity index (χ3n) is 4.65. The van der Waals surface area contributed by atoms with Crippen LogP contribution in [0.1, 0.15) is 35.8 Å². The molecule has 0 fully saturated rings. The first kappa shape index (κ1) is 23.3. The number of nitrogens with one attached hydrogen (secondary N) is 3. The van der Waals surface area contributed by atoms with Gasteiger partial charge in [0.05, 0.1) is 23.5 Å². The van der Waals surface area contributed by atoms with E-state index in [1.165, 1.54) is 12.1 Å². The maximum atomic E-state index is 13.5. The number of aromatic carboxylic acids is 1. The van der Waals surface area contributed by atoms with Crippen LogP contribution in [-0.4, -0.2) is 31.6 Å². The number of hydrogen-bond donors (Lipinski definition) is 4. The third kappa shape index (κ3) is 5.86. The number of para-hydroxylation sites is 1. The van der Waals surface area contributed by atoms with Crippen molar-refractivity contribution in [1.29, 1.82) is 4.78 Å². The van der Waals surface area contributed by atoms with E-state index in [1.54, 1.807) is 48.3 Å². The molecule has 0 aliphatic heterocycles. The summed E-state index contributed by atoms with van der Waals surface area (Å²) in [4.78, 5) is 11.7. The number of aryl methyl sites for hydroxylation is 1. The standard InChI is InChI=1S/C22H27N5O4S/c1-3-4-11-24-19-13-16(22(28)29)14-20(21(19)31-18-8-6-5-7-9-18)32(23,30)25-15-17-10-12-27(2)26-17/h5-10,12-14,24H,3-4,11,15H2,1-2H3,(H,28,29)(H2,23,25,30). The Morgan fingerprint density at radius 3 is 2.62 bits per heavy atom. The fourth-order valence-corrected chi connectivity index (χ4v) is 4.21. The number of ether oxygens (including phenoxy) is 1. The van der Waals surface area contributed by atoms with E-state index < -0.39 is 15.9 Å². The van der Waals surface area contributed by atoms with E-state index in [0.29, 0.717) is 23.7 Å². The molecule has 10 heteroatoms. The Morgan fingerprint density at radius 1 is 1.25 bits per heavy atom. The van der Waals surface area contributed by atoms with Crippen molar-refractivity contribution in [1.82, 2.24) is 14.5 Å². The smallest absolute Gasteiger partial charge is 0.335 e. The van der Waals surface area contributed by atoms with Gasteiger partial charge < -0.3 is 15.2 Å². The van der Waals surface area contributed by atoms with E-state index in [9.17, 15) is 14.1 Å². The number of unbranched alkanes of at least 4 members (excludes halogenated alkanes) is 1. The van der Waals surface area contributed by atoms with Gasteiger partial charge in [-0.05, 0) is 36.8 Å². The molecule has 0 spiro atoms. The first-order valence-corrected chi connectivity index (χ1v) is 11.8. The van der Waals surface area contributed by atoms with Crippen LogP contribution in [0.4, 0.5) is 5.69 Å². The lowest BCUT2D eigenvalue weighted by atomic mass is 10.1. The lowest BCUT2D eigenvalue weighted by Crippen LogP contribution is -2.23. The van der Waals surface area contributed by atoms with E-state index in [-0.39, 0.29) is 22.8 Å². The average molecular weight is 458 g/mol. The van der Waals surface area contributed by atoms with E-state index in [4.69, 9.17) is 9.52 Å². The van der Waals surface area contributed by atoms with Crippen molar-refractivity contribution in [2.45, 2.75) is 31.2 Å². The molecular formula is C22H27N5O4S. The first-order valence-electron chi connectivity index (χ1n) is 10.2. The number of carboxylic acids is 1. The molecule has 0 aliphatic rings. The average Bonchev–Trinajstić information content (AvgIpc) is 3.19. The van der Waals surface area contributed by atoms with Crippen molar-refractivity contribution < 1.29 is 18.8 Å². The quantitative estimate of drug-likeness (QED) is 0.319. The van der Waals surface area contributed by atoms with Gasteiger partial charge in [-0.1, -0.05) is 31.5 Å². The van der Waals surface area contributed by atoms with Gasteiger partial charge in [0.2, 0.25) is 0 Å². The summed E-state index contributed by atoms with van der Waals surface area (Å²) >= 11 is 0. The molecule has 9 nitrogen and oxygen atoms in total. The SMILES string of the molecule is CCCCNc1cc(C(=O)O)cc(S(=N)(=O)NCc2ccn(C)n2)c1Oc1ccccc1. The third-order valence-corrected chi connectivity index (χ3v) is 6.12. The molecule has 0 radical (unpaired) electrons. The number of carboxylic acid groups (broad SMARTS) is 1. The molecule has 3 aromatic rings. The molecule has 0 bridgehead atoms. The number of carbonyl (C=O) groups is 1. The number of rotatable bonds is 11. The maximum Gasteiger partial charge on any atom is 0.335 e. The van der Waals surface area contributed by atoms with Gasteiger partial charge in [-0.15, -0.1) is 0 Å². The summed E-state index contributed by atoms with van der Waals surface area (Å²) in [5.41, 5.74) is 0.893. The second-order valence-electron chi connectivity index (χ2n) is 7.21. The molecule has 170 valence electrons. The minimum absolute atomic E-state index is 0.0452. The predicted octanol–water partition coefficient (Wildman–Crippen LogP) is 4.23. The van der Waals surface area contributed by atoms with Crippen LogP contribution in [0.3, 0.4) is 0 Å². The fourth-order valence-electron chi connectivity index (χ4n) is 2.99. The summed E-state index contributed by atoms with van der Waals surface area (Å²) in [5, 5.41) is 17.0. The lowest BCUT2D eigenvalue weighted by molar-refractivity contribution is 0.0696. The second-order valence-corrected chi connectivity index (χ2v) is 9.05. The van der Waals surface area contributed by atoms with Crippen molar-refractivity contribution >= 4 is 21.6 Å². The van der Waals surface area contributed by atoms with Crippen LogP contribution in [-0.2, 0) is 23.5 Å². The molecule has 2 aromatic carbocycles. The summed E-state index contributed by atoms with van der Waals surface area (Å²) in [6.07, 6.45) is 3.54. The van der Waals surface area contributed by atoms with Crippen LogP contribution in [0, 0.1) is 4.78 Å². The van der Waals surface area contributed by atoms with E-state index in [1.807, 2.05) is 13.0 Å². The Bertz CT molecular complexity index is 1180. The fraction of sp³-hybridized carbons (Fsp3) is 0.273. The van der Waals surface area contributed by atoms with Crippen LogP contribution < -0.4 is 14.8 Å². The summed E-state index contributed by atoms with van der Waals surface area (Å²) in [6.45, 7) is 2.69. The molecule has 0 saturated heterocycles. The lowest BCUT2D eigenvalue weighted by Gasteiger charge is -2.19. The highest BCUT2D eigenvalue weighted by molar-refractivity contribution is 7.90. The summed E-state index contributed by atoms with van der Waals surface area (Å²) in [7, 11) is -1.87. The Balaban J connectivity index is 2.06. The van der Waals surface area contributed by atoms with Crippen molar-refractivity contribution in [3.05, 3.63) is 66.0 Å². The van der Waals surface area contributed by atoms with Crippen LogP contribution in [0.25, 0.3) is 0 Å². The summed E-state index contributed by atoms with van der Waals surface area (Å²) < 4.78 is 32.4. The van der Waals surface area contributed by atoms with Crippen molar-refractivity contribution in [3.8, 4) is 11.5 Å². The molecular weight excluding hydrogens is 430 g/mol. The number of hydrogen-bond acceptors (Lipinski definition) is 6. The number of benzene rings is 2. The van der Waals surface area contributed by atoms with E-state index in [2.05, 4.69) is 15.1 Å². The second kappa shape index (κ2) is 10.3. The maximum absolute atomic E-state index is 13.5. The normalized spacial score (nSPS) is 12.8. The Kier molecular flexibility index (Phi) is 7.49. The molecule has 4 N–H and O–H groups in total. The summed E-state index contributed by atoms with van der Waals surface area (Å²) in [5.74, 6) is -0.544. The number of anilines is 1. The zero-order valence-electron chi connectivity index (χ0n) is 18.0. The minimum atomic E-state index is -3.64. The Morgan fingerprint density at radius 2 is 2.00 bits per heavy atom. The molecule has 0 saturated carbocycles. The highest BCUT2D eigenvalue weighted by atomic mass is 32.2. The van der Waals surface area contributed by atoms with E-state index >= 15 is 0 Å². The number of nitrogens with zero attached hydrogens (tertiary/aromatic N) is 2. The molecule has 3 rings (SSSR count). The van der Waals surface area contributed by atoms with Gasteiger partial charge in [0.15, 0.2) is 5.75 Å². The van der Waals surface area contributed by atoms with Gasteiger partial charge in [-0.25, -0.2) is 18.5 Å². The first-order chi connectivity index (χ1) is 15.3. The Labute approximate surface area is 187 Å². The highest BCUT2D eigenvalue weighted by Crippen LogP contribution is 2.38. The molecule has 1 unspecified atom stereocenters. The zero-order chi connectivity index (χ0) is 23.1. The number of aromatic nitrogens is 2. The molecule has 1 aromatic heterocycles. The summed E-state index contributed by atoms with van der Waals surface area (Å²) in [6, 6.07) is 13.3. The van der Waals surface area contributed by atoms with Gasteiger partial charge in [0.25, 0.3) is 0 Å². The van der Waals surface area contributed by atoms with Gasteiger partial charge in [-0.3, -0.25) is 4.68 Å². The minimum Gasteiger partial charge on any atom is -0.478 e. The Hall–Kier alpha value is -3.37. The molecule has 0 amide bonds. The van der Waals surface area contributed by atoms with Crippen LogP contribution >= 0.6 is 0 Å². The zero-order valence-corrected chi connectivity index (χ0v) is 18.8. The van der Waals surface area contributed by atoms with Gasteiger partial charge in [-0.2, -0.15) is 5.10 Å². The molecule has 1 heterocycles. The van der Waals surface area contributed by atoms with Crippen molar-refractivity contribution in [3.63, 3.8) is 0 Å². The molecule has 32 heavy (non-hydrogen) atoms. The predicted molar refractivity (Wildman–Crippen MR) is 122 cm³/mol. The topological polar surface area (TPSA) is 129 Å². The van der Waals surface area contributed by atoms with Gasteiger partial charge >= 0.3 is 5.97 Å². The largest absolute Gasteiger partial charge is 0.478 e. The highest BCUT2D eigenvalue weighted by Gasteiger charge is 2.24. The van der Waals surface area contributed by atoms with Crippen molar-refractivity contribution in [2.75, 3.05) is 11.9 Å². The van der Waals surface area contributed by atoms with Crippen molar-refractivity contribution in [2.24, 2.45) is 7.05 Å². The molecule has 1 atom stereocenters. The van der Waals surface area contributed by atoms with Crippen LogP contribution in [0.2, 0.25) is 0 Å². The van der Waals surface area contributed by atoms with Crippen LogP contribution in [0.15, 0.2) is 59.6 Å². The van der Waals surface area contributed by atoms with Gasteiger partial charge in [0, 0.05) is 19.8 Å². The molecule has 0 aliphatic carbocycles. The van der Waals surface area contributed by atoms with Gasteiger partial charge in [0.1, 0.15) is 20.6 Å². The van der Waals surface area contributed by atoms with Crippen LogP contribution in [0.5, 0.6) is 11.5 Å².